The molecule has 9 heteroatoms. The maximum atomic E-state index is 13.3. The lowest BCUT2D eigenvalue weighted by Gasteiger charge is -2.48. The van der Waals surface area contributed by atoms with Gasteiger partial charge < -0.3 is 24.4 Å². The summed E-state index contributed by atoms with van der Waals surface area (Å²) >= 11 is 0. The molecule has 2 aliphatic rings. The van der Waals surface area contributed by atoms with Gasteiger partial charge in [-0.3, -0.25) is 19.3 Å². The molecule has 1 fully saturated rings. The number of ether oxygens (including phenoxy) is 3. The Morgan fingerprint density at radius 3 is 2.41 bits per heavy atom. The Bertz CT molecular complexity index is 1130. The first-order valence-corrected chi connectivity index (χ1v) is 11.1. The number of benzene rings is 2. The molecule has 0 saturated carbocycles. The third-order valence-corrected chi connectivity index (χ3v) is 6.57. The highest BCUT2D eigenvalue weighted by atomic mass is 16.5. The average Bonchev–Trinajstić information content (AvgIpc) is 3.16. The predicted molar refractivity (Wildman–Crippen MR) is 125 cm³/mol. The number of fused-ring (bicyclic) bond motifs is 3. The summed E-state index contributed by atoms with van der Waals surface area (Å²) in [5.41, 5.74) is 1.07. The first-order valence-electron chi connectivity index (χ1n) is 11.1. The van der Waals surface area contributed by atoms with Crippen molar-refractivity contribution in [3.8, 4) is 17.2 Å². The first kappa shape index (κ1) is 23.4. The number of para-hydroxylation sites is 1. The van der Waals surface area contributed by atoms with Crippen LogP contribution >= 0.6 is 0 Å². The van der Waals surface area contributed by atoms with Crippen molar-refractivity contribution in [2.24, 2.45) is 0 Å². The normalized spacial score (nSPS) is 18.9. The molecular weight excluding hydrogens is 438 g/mol. The van der Waals surface area contributed by atoms with Crippen LogP contribution in [-0.2, 0) is 16.1 Å². The van der Waals surface area contributed by atoms with E-state index in [-0.39, 0.29) is 37.2 Å². The third-order valence-electron chi connectivity index (χ3n) is 6.57. The lowest BCUT2D eigenvalue weighted by molar-refractivity contribution is -0.121. The van der Waals surface area contributed by atoms with Crippen LogP contribution in [-0.4, -0.2) is 56.2 Å². The van der Waals surface area contributed by atoms with Crippen LogP contribution in [0.5, 0.6) is 17.2 Å². The van der Waals surface area contributed by atoms with E-state index in [0.29, 0.717) is 41.3 Å². The SMILES string of the molecule is COc1cc(OC)c(OC)cc1CNC(=O)CCN1C(=O)c2ccccc2N2C(=O)CCC12C. The number of amides is 3. The second-order valence-electron chi connectivity index (χ2n) is 8.47. The predicted octanol–water partition coefficient (Wildman–Crippen LogP) is 2.72. The molecule has 1 saturated heterocycles. The minimum Gasteiger partial charge on any atom is -0.496 e. The minimum atomic E-state index is -0.782. The fraction of sp³-hybridized carbons (Fsp3) is 0.400. The highest BCUT2D eigenvalue weighted by molar-refractivity contribution is 6.10. The Hall–Kier alpha value is -3.75. The molecule has 3 amide bonds. The van der Waals surface area contributed by atoms with Crippen molar-refractivity contribution < 1.29 is 28.6 Å². The van der Waals surface area contributed by atoms with Gasteiger partial charge in [-0.1, -0.05) is 12.1 Å². The number of nitrogens with one attached hydrogen (secondary N) is 1. The largest absolute Gasteiger partial charge is 0.496 e. The summed E-state index contributed by atoms with van der Waals surface area (Å²) in [6.07, 6.45) is 0.984. The number of methoxy groups -OCH3 is 3. The number of rotatable bonds is 8. The molecule has 180 valence electrons. The van der Waals surface area contributed by atoms with Gasteiger partial charge in [-0.05, 0) is 31.5 Å². The molecule has 1 atom stereocenters. The van der Waals surface area contributed by atoms with Gasteiger partial charge in [0.2, 0.25) is 11.8 Å². The summed E-state index contributed by atoms with van der Waals surface area (Å²) < 4.78 is 16.1. The average molecular weight is 468 g/mol. The fourth-order valence-corrected chi connectivity index (χ4v) is 4.77. The number of anilines is 1. The molecule has 0 aromatic heterocycles. The van der Waals surface area contributed by atoms with E-state index in [4.69, 9.17) is 14.2 Å². The molecule has 2 heterocycles. The molecule has 1 unspecified atom stereocenters. The standard InChI is InChI=1S/C25H29N3O6/c1-25-11-9-23(30)28(25)18-8-6-5-7-17(18)24(31)27(25)12-10-22(29)26-15-16-13-20(33-3)21(34-4)14-19(16)32-2/h5-8,13-14H,9-12,15H2,1-4H3,(H,26,29). The van der Waals surface area contributed by atoms with E-state index in [1.807, 2.05) is 13.0 Å². The Labute approximate surface area is 198 Å². The Morgan fingerprint density at radius 1 is 1.03 bits per heavy atom. The highest BCUT2D eigenvalue weighted by Crippen LogP contribution is 2.44. The second-order valence-corrected chi connectivity index (χ2v) is 8.47. The summed E-state index contributed by atoms with van der Waals surface area (Å²) in [6.45, 7) is 2.31. The van der Waals surface area contributed by atoms with Crippen molar-refractivity contribution in [3.63, 3.8) is 0 Å². The summed E-state index contributed by atoms with van der Waals surface area (Å²) in [5, 5.41) is 2.88. The molecule has 0 radical (unpaired) electrons. The molecule has 2 aromatic carbocycles. The molecule has 9 nitrogen and oxygen atoms in total. The summed E-state index contributed by atoms with van der Waals surface area (Å²) in [7, 11) is 4.62. The van der Waals surface area contributed by atoms with E-state index in [1.54, 1.807) is 54.4 Å². The molecule has 2 aliphatic heterocycles. The first-order chi connectivity index (χ1) is 16.3. The van der Waals surface area contributed by atoms with Gasteiger partial charge in [-0.25, -0.2) is 0 Å². The highest BCUT2D eigenvalue weighted by Gasteiger charge is 2.52. The number of hydrogen-bond acceptors (Lipinski definition) is 6. The number of nitrogens with zero attached hydrogens (tertiary/aromatic N) is 2. The lowest BCUT2D eigenvalue weighted by Crippen LogP contribution is -2.62. The Morgan fingerprint density at radius 2 is 1.71 bits per heavy atom. The van der Waals surface area contributed by atoms with E-state index in [2.05, 4.69) is 5.32 Å². The topological polar surface area (TPSA) is 97.4 Å². The van der Waals surface area contributed by atoms with Crippen LogP contribution in [0.2, 0.25) is 0 Å². The number of carbonyl (C=O) groups is 3. The summed E-state index contributed by atoms with van der Waals surface area (Å²) in [4.78, 5) is 42.0. The Balaban J connectivity index is 1.46. The van der Waals surface area contributed by atoms with Gasteiger partial charge in [0.05, 0.1) is 32.6 Å². The summed E-state index contributed by atoms with van der Waals surface area (Å²) in [6, 6.07) is 10.6. The quantitative estimate of drug-likeness (QED) is 0.641. The van der Waals surface area contributed by atoms with Crippen LogP contribution in [0.3, 0.4) is 0 Å². The minimum absolute atomic E-state index is 0.0163. The maximum Gasteiger partial charge on any atom is 0.257 e. The van der Waals surface area contributed by atoms with E-state index in [9.17, 15) is 14.4 Å². The monoisotopic (exact) mass is 467 g/mol. The van der Waals surface area contributed by atoms with Crippen molar-refractivity contribution in [1.29, 1.82) is 0 Å². The smallest absolute Gasteiger partial charge is 0.257 e. The second kappa shape index (κ2) is 9.24. The third kappa shape index (κ3) is 3.91. The van der Waals surface area contributed by atoms with Gasteiger partial charge in [0.15, 0.2) is 11.5 Å². The van der Waals surface area contributed by atoms with E-state index >= 15 is 0 Å². The molecule has 0 spiro atoms. The van der Waals surface area contributed by atoms with Crippen molar-refractivity contribution >= 4 is 23.4 Å². The van der Waals surface area contributed by atoms with E-state index in [1.165, 1.54) is 7.11 Å². The van der Waals surface area contributed by atoms with Gasteiger partial charge in [0, 0.05) is 37.6 Å². The maximum absolute atomic E-state index is 13.3. The van der Waals surface area contributed by atoms with Gasteiger partial charge in [0.1, 0.15) is 11.4 Å². The molecule has 34 heavy (non-hydrogen) atoms. The van der Waals surface area contributed by atoms with Crippen LogP contribution < -0.4 is 24.4 Å². The van der Waals surface area contributed by atoms with E-state index in [0.717, 1.165) is 5.56 Å². The van der Waals surface area contributed by atoms with Crippen LogP contribution in [0.1, 0.15) is 42.1 Å². The molecule has 0 bridgehead atoms. The van der Waals surface area contributed by atoms with Crippen molar-refractivity contribution in [3.05, 3.63) is 47.5 Å². The zero-order valence-electron chi connectivity index (χ0n) is 19.8. The van der Waals surface area contributed by atoms with Crippen molar-refractivity contribution in [2.45, 2.75) is 38.4 Å². The fourth-order valence-electron chi connectivity index (χ4n) is 4.77. The molecule has 1 N–H and O–H groups in total. The molecule has 4 rings (SSSR count). The van der Waals surface area contributed by atoms with Gasteiger partial charge in [-0.15, -0.1) is 0 Å². The van der Waals surface area contributed by atoms with Crippen molar-refractivity contribution in [2.75, 3.05) is 32.8 Å². The van der Waals surface area contributed by atoms with Gasteiger partial charge in [0.25, 0.3) is 5.91 Å². The van der Waals surface area contributed by atoms with Crippen LogP contribution in [0.4, 0.5) is 5.69 Å². The van der Waals surface area contributed by atoms with E-state index < -0.39 is 5.66 Å². The van der Waals surface area contributed by atoms with Crippen LogP contribution in [0.25, 0.3) is 0 Å². The van der Waals surface area contributed by atoms with Crippen LogP contribution in [0.15, 0.2) is 36.4 Å². The molecular formula is C25H29N3O6. The van der Waals surface area contributed by atoms with Gasteiger partial charge in [-0.2, -0.15) is 0 Å². The molecule has 0 aliphatic carbocycles. The molecule has 2 aromatic rings. The number of hydrogen-bond donors (Lipinski definition) is 1. The van der Waals surface area contributed by atoms with Crippen molar-refractivity contribution in [1.82, 2.24) is 10.2 Å². The number of carbonyl (C=O) groups excluding carboxylic acids is 3. The zero-order chi connectivity index (χ0) is 24.5. The Kier molecular flexibility index (Phi) is 6.37. The zero-order valence-corrected chi connectivity index (χ0v) is 19.8. The van der Waals surface area contributed by atoms with Crippen LogP contribution in [0, 0.1) is 0 Å². The van der Waals surface area contributed by atoms with Gasteiger partial charge >= 0.3 is 0 Å². The summed E-state index contributed by atoms with van der Waals surface area (Å²) in [5.74, 6) is 1.22. The lowest BCUT2D eigenvalue weighted by atomic mass is 9.98.